The highest BCUT2D eigenvalue weighted by molar-refractivity contribution is 5.78. The first kappa shape index (κ1) is 16.0. The summed E-state index contributed by atoms with van der Waals surface area (Å²) in [7, 11) is 1.72. The molecule has 1 aliphatic rings. The number of carboxylic acids is 1. The second-order valence-electron chi connectivity index (χ2n) is 5.91. The van der Waals surface area contributed by atoms with E-state index in [9.17, 15) is 14.7 Å². The Balaban J connectivity index is 2.54. The zero-order valence-corrected chi connectivity index (χ0v) is 11.9. The van der Waals surface area contributed by atoms with Crippen LogP contribution < -0.4 is 0 Å². The van der Waals surface area contributed by atoms with Crippen molar-refractivity contribution in [1.29, 1.82) is 0 Å². The molecule has 110 valence electrons. The first-order valence-electron chi connectivity index (χ1n) is 6.98. The summed E-state index contributed by atoms with van der Waals surface area (Å²) in [5.74, 6) is -0.829. The molecule has 0 aromatic heterocycles. The Kier molecular flexibility index (Phi) is 5.79. The summed E-state index contributed by atoms with van der Waals surface area (Å²) < 4.78 is 0. The van der Waals surface area contributed by atoms with Gasteiger partial charge < -0.3 is 15.1 Å². The second-order valence-corrected chi connectivity index (χ2v) is 5.91. The summed E-state index contributed by atoms with van der Waals surface area (Å²) in [6.45, 7) is 2.21. The second kappa shape index (κ2) is 6.89. The predicted octanol–water partition coefficient (Wildman–Crippen LogP) is 1.64. The minimum Gasteiger partial charge on any atom is -0.481 e. The van der Waals surface area contributed by atoms with Gasteiger partial charge in [-0.15, -0.1) is 0 Å². The Labute approximate surface area is 114 Å². The molecule has 0 aromatic rings. The van der Waals surface area contributed by atoms with Crippen molar-refractivity contribution in [2.24, 2.45) is 5.41 Å². The van der Waals surface area contributed by atoms with E-state index in [1.165, 1.54) is 0 Å². The number of carboxylic acid groups (broad SMARTS) is 1. The quantitative estimate of drug-likeness (QED) is 0.738. The van der Waals surface area contributed by atoms with Gasteiger partial charge in [-0.25, -0.2) is 0 Å². The summed E-state index contributed by atoms with van der Waals surface area (Å²) >= 11 is 0. The van der Waals surface area contributed by atoms with Crippen LogP contribution in [0.25, 0.3) is 0 Å². The third-order valence-corrected chi connectivity index (χ3v) is 4.02. The standard InChI is InChI=1S/C14H25NO4/c1-11(16)5-8-15(2)12(17)9-14(10-13(18)19)6-3-4-7-14/h11,16H,3-10H2,1-2H3,(H,18,19). The number of rotatable bonds is 7. The SMILES string of the molecule is CC(O)CCN(C)C(=O)CC1(CC(=O)O)CCCC1. The lowest BCUT2D eigenvalue weighted by Gasteiger charge is -2.29. The molecule has 1 aliphatic carbocycles. The average molecular weight is 271 g/mol. The van der Waals surface area contributed by atoms with Gasteiger partial charge in [0.15, 0.2) is 0 Å². The number of carbonyl (C=O) groups is 2. The van der Waals surface area contributed by atoms with Crippen LogP contribution >= 0.6 is 0 Å². The first-order valence-corrected chi connectivity index (χ1v) is 6.98. The van der Waals surface area contributed by atoms with E-state index >= 15 is 0 Å². The number of nitrogens with zero attached hydrogens (tertiary/aromatic N) is 1. The molecule has 0 saturated heterocycles. The van der Waals surface area contributed by atoms with Gasteiger partial charge in [0, 0.05) is 20.0 Å². The smallest absolute Gasteiger partial charge is 0.303 e. The van der Waals surface area contributed by atoms with E-state index in [0.717, 1.165) is 25.7 Å². The molecule has 5 nitrogen and oxygen atoms in total. The van der Waals surface area contributed by atoms with Gasteiger partial charge in [0.2, 0.25) is 5.91 Å². The third-order valence-electron chi connectivity index (χ3n) is 4.02. The topological polar surface area (TPSA) is 77.8 Å². The molecule has 1 atom stereocenters. The fraction of sp³-hybridized carbons (Fsp3) is 0.857. The molecule has 2 N–H and O–H groups in total. The van der Waals surface area contributed by atoms with Gasteiger partial charge in [-0.2, -0.15) is 0 Å². The van der Waals surface area contributed by atoms with Crippen molar-refractivity contribution in [1.82, 2.24) is 4.90 Å². The van der Waals surface area contributed by atoms with E-state index in [1.807, 2.05) is 0 Å². The van der Waals surface area contributed by atoms with Crippen LogP contribution in [0.15, 0.2) is 0 Å². The minimum absolute atomic E-state index is 0.0104. The van der Waals surface area contributed by atoms with Crippen molar-refractivity contribution in [3.8, 4) is 0 Å². The molecule has 1 saturated carbocycles. The monoisotopic (exact) mass is 271 g/mol. The third kappa shape index (κ3) is 5.19. The molecule has 0 aliphatic heterocycles. The lowest BCUT2D eigenvalue weighted by molar-refractivity contribution is -0.141. The number of aliphatic hydroxyl groups excluding tert-OH is 1. The zero-order chi connectivity index (χ0) is 14.5. The molecular formula is C14H25NO4. The number of hydrogen-bond donors (Lipinski definition) is 2. The largest absolute Gasteiger partial charge is 0.481 e. The van der Waals surface area contributed by atoms with Crippen molar-refractivity contribution in [2.75, 3.05) is 13.6 Å². The van der Waals surface area contributed by atoms with Gasteiger partial charge in [-0.3, -0.25) is 9.59 Å². The number of aliphatic carboxylic acids is 1. The summed E-state index contributed by atoms with van der Waals surface area (Å²) in [6, 6.07) is 0. The Hall–Kier alpha value is -1.10. The van der Waals surface area contributed by atoms with Crippen LogP contribution in [-0.2, 0) is 9.59 Å². The maximum Gasteiger partial charge on any atom is 0.303 e. The number of carbonyl (C=O) groups excluding carboxylic acids is 1. The molecule has 0 aromatic carbocycles. The fourth-order valence-electron chi connectivity index (χ4n) is 2.82. The van der Waals surface area contributed by atoms with Gasteiger partial charge in [-0.1, -0.05) is 12.8 Å². The van der Waals surface area contributed by atoms with Crippen LogP contribution in [-0.4, -0.2) is 46.7 Å². The Bertz CT molecular complexity index is 321. The number of hydrogen-bond acceptors (Lipinski definition) is 3. The van der Waals surface area contributed by atoms with E-state index in [0.29, 0.717) is 19.4 Å². The first-order chi connectivity index (χ1) is 8.84. The van der Waals surface area contributed by atoms with Crippen LogP contribution in [0.5, 0.6) is 0 Å². The molecule has 1 unspecified atom stereocenters. The van der Waals surface area contributed by atoms with Gasteiger partial charge in [0.05, 0.1) is 12.5 Å². The molecule has 5 heteroatoms. The molecule has 0 spiro atoms. The number of amides is 1. The van der Waals surface area contributed by atoms with E-state index < -0.39 is 12.1 Å². The molecule has 1 fully saturated rings. The van der Waals surface area contributed by atoms with Gasteiger partial charge in [0.25, 0.3) is 0 Å². The Morgan fingerprint density at radius 1 is 1.26 bits per heavy atom. The lowest BCUT2D eigenvalue weighted by Crippen LogP contribution is -2.34. The zero-order valence-electron chi connectivity index (χ0n) is 11.9. The molecule has 1 rings (SSSR count). The van der Waals surface area contributed by atoms with Crippen molar-refractivity contribution < 1.29 is 19.8 Å². The maximum absolute atomic E-state index is 12.1. The van der Waals surface area contributed by atoms with E-state index in [-0.39, 0.29) is 17.7 Å². The summed E-state index contributed by atoms with van der Waals surface area (Å²) in [5.41, 5.74) is -0.345. The Morgan fingerprint density at radius 3 is 2.32 bits per heavy atom. The predicted molar refractivity (Wildman–Crippen MR) is 71.7 cm³/mol. The highest BCUT2D eigenvalue weighted by Gasteiger charge is 2.38. The van der Waals surface area contributed by atoms with Crippen molar-refractivity contribution in [3.63, 3.8) is 0 Å². The van der Waals surface area contributed by atoms with Gasteiger partial charge in [-0.05, 0) is 31.6 Å². The van der Waals surface area contributed by atoms with E-state index in [1.54, 1.807) is 18.9 Å². The van der Waals surface area contributed by atoms with Crippen molar-refractivity contribution in [2.45, 2.75) is 58.0 Å². The maximum atomic E-state index is 12.1. The molecule has 0 bridgehead atoms. The summed E-state index contributed by atoms with van der Waals surface area (Å²) in [4.78, 5) is 24.7. The van der Waals surface area contributed by atoms with Gasteiger partial charge in [0.1, 0.15) is 0 Å². The lowest BCUT2D eigenvalue weighted by atomic mass is 9.79. The summed E-state index contributed by atoms with van der Waals surface area (Å²) in [6.07, 6.45) is 4.21. The Morgan fingerprint density at radius 2 is 1.84 bits per heavy atom. The van der Waals surface area contributed by atoms with E-state index in [4.69, 9.17) is 5.11 Å². The molecule has 19 heavy (non-hydrogen) atoms. The number of aliphatic hydroxyl groups is 1. The highest BCUT2D eigenvalue weighted by atomic mass is 16.4. The molecule has 0 radical (unpaired) electrons. The highest BCUT2D eigenvalue weighted by Crippen LogP contribution is 2.44. The minimum atomic E-state index is -0.818. The van der Waals surface area contributed by atoms with Crippen molar-refractivity contribution in [3.05, 3.63) is 0 Å². The normalized spacial score (nSPS) is 19.1. The van der Waals surface area contributed by atoms with Crippen LogP contribution in [0, 0.1) is 5.41 Å². The van der Waals surface area contributed by atoms with Crippen LogP contribution in [0.4, 0.5) is 0 Å². The summed E-state index contributed by atoms with van der Waals surface area (Å²) in [5, 5.41) is 18.2. The molecule has 0 heterocycles. The van der Waals surface area contributed by atoms with E-state index in [2.05, 4.69) is 0 Å². The fourth-order valence-corrected chi connectivity index (χ4v) is 2.82. The molecule has 1 amide bonds. The van der Waals surface area contributed by atoms with Crippen LogP contribution in [0.1, 0.15) is 51.9 Å². The van der Waals surface area contributed by atoms with Crippen molar-refractivity contribution >= 4 is 11.9 Å². The average Bonchev–Trinajstić information content (AvgIpc) is 2.72. The van der Waals surface area contributed by atoms with Gasteiger partial charge >= 0.3 is 5.97 Å². The molecular weight excluding hydrogens is 246 g/mol. The van der Waals surface area contributed by atoms with Crippen LogP contribution in [0.3, 0.4) is 0 Å². The van der Waals surface area contributed by atoms with Crippen LogP contribution in [0.2, 0.25) is 0 Å².